The molecule has 4 nitrogen and oxygen atoms in total. The Morgan fingerprint density at radius 2 is 2.16 bits per heavy atom. The highest BCUT2D eigenvalue weighted by Gasteiger charge is 2.34. The Hall–Kier alpha value is -0.140. The van der Waals surface area contributed by atoms with Crippen LogP contribution < -0.4 is 5.73 Å². The van der Waals surface area contributed by atoms with Crippen LogP contribution >= 0.6 is 27.5 Å². The summed E-state index contributed by atoms with van der Waals surface area (Å²) in [6, 6.07) is 4.77. The molecule has 1 saturated heterocycles. The van der Waals surface area contributed by atoms with Crippen LogP contribution in [0.5, 0.6) is 0 Å². The van der Waals surface area contributed by atoms with E-state index in [1.165, 1.54) is 10.4 Å². The fourth-order valence-electron chi connectivity index (χ4n) is 2.35. The third-order valence-electron chi connectivity index (χ3n) is 3.34. The summed E-state index contributed by atoms with van der Waals surface area (Å²) < 4.78 is 27.5. The maximum Gasteiger partial charge on any atom is 0.244 e. The zero-order chi connectivity index (χ0) is 14.2. The second-order valence-corrected chi connectivity index (χ2v) is 8.01. The van der Waals surface area contributed by atoms with E-state index in [9.17, 15) is 8.42 Å². The lowest BCUT2D eigenvalue weighted by Crippen LogP contribution is -2.48. The molecule has 0 saturated carbocycles. The molecule has 0 amide bonds. The molecule has 1 aromatic rings. The zero-order valence-corrected chi connectivity index (χ0v) is 13.7. The Balaban J connectivity index is 2.37. The summed E-state index contributed by atoms with van der Waals surface area (Å²) in [5.41, 5.74) is 5.87. The van der Waals surface area contributed by atoms with Gasteiger partial charge in [-0.15, -0.1) is 0 Å². The Labute approximate surface area is 127 Å². The van der Waals surface area contributed by atoms with Crippen LogP contribution in [0.3, 0.4) is 0 Å². The highest BCUT2D eigenvalue weighted by atomic mass is 79.9. The van der Waals surface area contributed by atoms with Gasteiger partial charge in [-0.1, -0.05) is 27.5 Å². The number of hydrogen-bond donors (Lipinski definition) is 1. The molecule has 1 aliphatic heterocycles. The molecular formula is C12H16BrClN2O2S. The van der Waals surface area contributed by atoms with Gasteiger partial charge >= 0.3 is 0 Å². The molecule has 1 heterocycles. The van der Waals surface area contributed by atoms with Crippen molar-refractivity contribution in [2.24, 2.45) is 5.73 Å². The molecule has 19 heavy (non-hydrogen) atoms. The van der Waals surface area contributed by atoms with Crippen LogP contribution in [0.15, 0.2) is 27.6 Å². The van der Waals surface area contributed by atoms with E-state index < -0.39 is 10.0 Å². The topological polar surface area (TPSA) is 63.4 Å². The van der Waals surface area contributed by atoms with Crippen molar-refractivity contribution in [1.29, 1.82) is 0 Å². The highest BCUT2D eigenvalue weighted by Crippen LogP contribution is 2.30. The summed E-state index contributed by atoms with van der Waals surface area (Å²) in [6.07, 6.45) is 1.35. The SMILES string of the molecule is C[C@H]1C[C@H](N)CCN1S(=O)(=O)c1ccc(Br)cc1Cl. The minimum atomic E-state index is -3.56. The average molecular weight is 368 g/mol. The fraction of sp³-hybridized carbons (Fsp3) is 0.500. The first kappa shape index (κ1) is 15.3. The van der Waals surface area contributed by atoms with Gasteiger partial charge in [0.25, 0.3) is 0 Å². The van der Waals surface area contributed by atoms with Crippen molar-refractivity contribution < 1.29 is 8.42 Å². The summed E-state index contributed by atoms with van der Waals surface area (Å²) in [6.45, 7) is 2.32. The van der Waals surface area contributed by atoms with E-state index in [4.69, 9.17) is 17.3 Å². The number of rotatable bonds is 2. The fourth-order valence-corrected chi connectivity index (χ4v) is 5.02. The summed E-state index contributed by atoms with van der Waals surface area (Å²) in [5.74, 6) is 0. The second kappa shape index (κ2) is 5.69. The second-order valence-electron chi connectivity index (χ2n) is 4.82. The predicted octanol–water partition coefficient (Wildman–Crippen LogP) is 2.60. The molecule has 1 aromatic carbocycles. The largest absolute Gasteiger partial charge is 0.328 e. The molecule has 1 aliphatic rings. The Morgan fingerprint density at radius 3 is 2.74 bits per heavy atom. The van der Waals surface area contributed by atoms with Crippen LogP contribution in [0.2, 0.25) is 5.02 Å². The average Bonchev–Trinajstić information content (AvgIpc) is 2.27. The minimum absolute atomic E-state index is 0.0711. The number of piperidine rings is 1. The van der Waals surface area contributed by atoms with E-state index >= 15 is 0 Å². The molecule has 7 heteroatoms. The third kappa shape index (κ3) is 3.13. The van der Waals surface area contributed by atoms with E-state index in [1.807, 2.05) is 6.92 Å². The molecule has 1 fully saturated rings. The van der Waals surface area contributed by atoms with Crippen molar-refractivity contribution in [2.45, 2.75) is 36.7 Å². The number of hydrogen-bond acceptors (Lipinski definition) is 3. The van der Waals surface area contributed by atoms with Crippen LogP contribution in [0.25, 0.3) is 0 Å². The molecular weight excluding hydrogens is 352 g/mol. The highest BCUT2D eigenvalue weighted by molar-refractivity contribution is 9.10. The lowest BCUT2D eigenvalue weighted by molar-refractivity contribution is 0.247. The summed E-state index contributed by atoms with van der Waals surface area (Å²) in [4.78, 5) is 0.152. The van der Waals surface area contributed by atoms with E-state index in [0.717, 1.165) is 4.47 Å². The smallest absolute Gasteiger partial charge is 0.244 e. The van der Waals surface area contributed by atoms with Gasteiger partial charge in [0, 0.05) is 23.1 Å². The van der Waals surface area contributed by atoms with Crippen molar-refractivity contribution in [3.63, 3.8) is 0 Å². The lowest BCUT2D eigenvalue weighted by Gasteiger charge is -2.35. The number of benzene rings is 1. The lowest BCUT2D eigenvalue weighted by atomic mass is 10.0. The van der Waals surface area contributed by atoms with Gasteiger partial charge in [0.05, 0.1) is 5.02 Å². The Morgan fingerprint density at radius 1 is 1.47 bits per heavy atom. The maximum atomic E-state index is 12.6. The van der Waals surface area contributed by atoms with Crippen molar-refractivity contribution in [2.75, 3.05) is 6.54 Å². The molecule has 0 aliphatic carbocycles. The van der Waals surface area contributed by atoms with Gasteiger partial charge in [-0.3, -0.25) is 0 Å². The standard InChI is InChI=1S/C12H16BrClN2O2S/c1-8-6-10(15)4-5-16(8)19(17,18)12-3-2-9(13)7-11(12)14/h2-3,7-8,10H,4-6,15H2,1H3/t8-,10+/m0/s1. The number of halogens is 2. The summed E-state index contributed by atoms with van der Waals surface area (Å²) in [7, 11) is -3.56. The molecule has 0 aromatic heterocycles. The van der Waals surface area contributed by atoms with E-state index in [2.05, 4.69) is 15.9 Å². The molecule has 2 N–H and O–H groups in total. The van der Waals surface area contributed by atoms with Crippen molar-refractivity contribution in [1.82, 2.24) is 4.31 Å². The Kier molecular flexibility index (Phi) is 4.57. The van der Waals surface area contributed by atoms with Gasteiger partial charge < -0.3 is 5.73 Å². The first-order valence-corrected chi connectivity index (χ1v) is 8.66. The van der Waals surface area contributed by atoms with Crippen molar-refractivity contribution >= 4 is 37.6 Å². The monoisotopic (exact) mass is 366 g/mol. The molecule has 0 radical (unpaired) electrons. The third-order valence-corrected chi connectivity index (χ3v) is 6.33. The quantitative estimate of drug-likeness (QED) is 0.874. The Bertz CT molecular complexity index is 579. The van der Waals surface area contributed by atoms with E-state index in [1.54, 1.807) is 12.1 Å². The molecule has 0 spiro atoms. The molecule has 0 bridgehead atoms. The van der Waals surface area contributed by atoms with Gasteiger partial charge in [-0.25, -0.2) is 8.42 Å². The molecule has 106 valence electrons. The number of nitrogens with zero attached hydrogens (tertiary/aromatic N) is 1. The first-order valence-electron chi connectivity index (χ1n) is 6.05. The van der Waals surface area contributed by atoms with Crippen LogP contribution in [-0.4, -0.2) is 31.4 Å². The maximum absolute atomic E-state index is 12.6. The zero-order valence-electron chi connectivity index (χ0n) is 10.5. The molecule has 0 unspecified atom stereocenters. The minimum Gasteiger partial charge on any atom is -0.328 e. The van der Waals surface area contributed by atoms with Crippen LogP contribution in [0.1, 0.15) is 19.8 Å². The molecule has 2 atom stereocenters. The number of sulfonamides is 1. The van der Waals surface area contributed by atoms with E-state index in [0.29, 0.717) is 19.4 Å². The van der Waals surface area contributed by atoms with Crippen LogP contribution in [0.4, 0.5) is 0 Å². The van der Waals surface area contributed by atoms with Crippen molar-refractivity contribution in [3.8, 4) is 0 Å². The van der Waals surface area contributed by atoms with Crippen molar-refractivity contribution in [3.05, 3.63) is 27.7 Å². The predicted molar refractivity (Wildman–Crippen MR) is 79.7 cm³/mol. The summed E-state index contributed by atoms with van der Waals surface area (Å²) >= 11 is 9.32. The van der Waals surface area contributed by atoms with Crippen LogP contribution in [0, 0.1) is 0 Å². The van der Waals surface area contributed by atoms with Gasteiger partial charge in [-0.05, 0) is 38.0 Å². The van der Waals surface area contributed by atoms with Gasteiger partial charge in [-0.2, -0.15) is 4.31 Å². The van der Waals surface area contributed by atoms with E-state index in [-0.39, 0.29) is 22.0 Å². The van der Waals surface area contributed by atoms with Gasteiger partial charge in [0.2, 0.25) is 10.0 Å². The summed E-state index contributed by atoms with van der Waals surface area (Å²) in [5, 5.41) is 0.233. The number of nitrogens with two attached hydrogens (primary N) is 1. The molecule has 2 rings (SSSR count). The van der Waals surface area contributed by atoms with Crippen LogP contribution in [-0.2, 0) is 10.0 Å². The van der Waals surface area contributed by atoms with Gasteiger partial charge in [0.1, 0.15) is 4.90 Å². The first-order chi connectivity index (χ1) is 8.82. The normalized spacial score (nSPS) is 25.5. The van der Waals surface area contributed by atoms with Gasteiger partial charge in [0.15, 0.2) is 0 Å².